The van der Waals surface area contributed by atoms with E-state index in [1.807, 2.05) is 6.07 Å². The lowest BCUT2D eigenvalue weighted by atomic mass is 10.1. The molecule has 8 heteroatoms. The van der Waals surface area contributed by atoms with Crippen LogP contribution < -0.4 is 11.1 Å². The first-order chi connectivity index (χ1) is 12.6. The summed E-state index contributed by atoms with van der Waals surface area (Å²) in [6.07, 6.45) is 3.68. The number of anilines is 1. The van der Waals surface area contributed by atoms with Crippen LogP contribution in [0.5, 0.6) is 0 Å². The molecule has 2 atom stereocenters. The number of benzene rings is 1. The molecule has 1 aliphatic heterocycles. The molecule has 0 unspecified atom stereocenters. The molecule has 146 valence electrons. The Kier molecular flexibility index (Phi) is 6.47. The molecule has 1 aromatic carbocycles. The van der Waals surface area contributed by atoms with E-state index in [4.69, 9.17) is 10.5 Å². The Morgan fingerprint density at radius 3 is 2.74 bits per heavy atom. The molecule has 5 nitrogen and oxygen atoms in total. The SMILES string of the molecule is Cl.NC[C@H]1CC[C@@H](C(=O)Nc2nc(C3CC3)c(Cc3ccccc3F)s2)O1. The maximum absolute atomic E-state index is 14.0. The standard InChI is InChI=1S/C19H22FN3O2S.ClH/c20-14-4-2-1-3-12(14)9-16-17(11-5-6-11)22-19(26-16)23-18(24)15-8-7-13(10-21)25-15;/h1-4,11,13,15H,5-10,21H2,(H,22,23,24);1H/t13-,15+;/m1./s1. The van der Waals surface area contributed by atoms with Crippen LogP contribution in [0, 0.1) is 5.82 Å². The number of aromatic nitrogens is 1. The number of halogens is 2. The quantitative estimate of drug-likeness (QED) is 0.761. The molecule has 3 N–H and O–H groups in total. The van der Waals surface area contributed by atoms with E-state index in [1.165, 1.54) is 17.4 Å². The van der Waals surface area contributed by atoms with Gasteiger partial charge in [0, 0.05) is 23.8 Å². The van der Waals surface area contributed by atoms with Crippen LogP contribution in [0.3, 0.4) is 0 Å². The van der Waals surface area contributed by atoms with Crippen LogP contribution in [0.15, 0.2) is 24.3 Å². The molecule has 1 amide bonds. The molecule has 4 rings (SSSR count). The zero-order valence-electron chi connectivity index (χ0n) is 14.8. The highest BCUT2D eigenvalue weighted by Gasteiger charge is 2.32. The highest BCUT2D eigenvalue weighted by molar-refractivity contribution is 7.15. The van der Waals surface area contributed by atoms with Crippen LogP contribution in [0.25, 0.3) is 0 Å². The molecule has 27 heavy (non-hydrogen) atoms. The van der Waals surface area contributed by atoms with Gasteiger partial charge in [-0.15, -0.1) is 23.7 Å². The van der Waals surface area contributed by atoms with E-state index in [0.717, 1.165) is 29.8 Å². The Balaban J connectivity index is 0.00000210. The third kappa shape index (κ3) is 4.66. The number of carbonyl (C=O) groups is 1. The largest absolute Gasteiger partial charge is 0.364 e. The molecule has 2 aromatic rings. The fourth-order valence-electron chi connectivity index (χ4n) is 3.29. The Bertz CT molecular complexity index is 812. The number of carbonyl (C=O) groups excluding carboxylic acids is 1. The topological polar surface area (TPSA) is 77.2 Å². The number of thiazole rings is 1. The van der Waals surface area contributed by atoms with E-state index in [9.17, 15) is 9.18 Å². The summed E-state index contributed by atoms with van der Waals surface area (Å²) < 4.78 is 19.6. The van der Waals surface area contributed by atoms with Gasteiger partial charge in [0.15, 0.2) is 5.13 Å². The van der Waals surface area contributed by atoms with Crippen LogP contribution in [0.4, 0.5) is 9.52 Å². The average molecular weight is 412 g/mol. The van der Waals surface area contributed by atoms with Gasteiger partial charge < -0.3 is 10.5 Å². The molecule has 2 heterocycles. The number of hydrogen-bond acceptors (Lipinski definition) is 5. The van der Waals surface area contributed by atoms with Crippen LogP contribution in [-0.2, 0) is 16.0 Å². The Hall–Kier alpha value is -1.54. The van der Waals surface area contributed by atoms with Crippen LogP contribution in [0.1, 0.15) is 47.7 Å². The summed E-state index contributed by atoms with van der Waals surface area (Å²) in [5.74, 6) is 0.0536. The van der Waals surface area contributed by atoms with E-state index in [-0.39, 0.29) is 30.2 Å². The van der Waals surface area contributed by atoms with Gasteiger partial charge in [0.2, 0.25) is 0 Å². The maximum Gasteiger partial charge on any atom is 0.255 e. The first-order valence-corrected chi connectivity index (χ1v) is 9.85. The summed E-state index contributed by atoms with van der Waals surface area (Å²) in [6, 6.07) is 6.80. The summed E-state index contributed by atoms with van der Waals surface area (Å²) >= 11 is 1.44. The number of amides is 1. The average Bonchev–Trinajstić information content (AvgIpc) is 3.23. The van der Waals surface area contributed by atoms with E-state index in [0.29, 0.717) is 36.0 Å². The highest BCUT2D eigenvalue weighted by Crippen LogP contribution is 2.44. The molecule has 0 spiro atoms. The second-order valence-corrected chi connectivity index (χ2v) is 8.00. The number of nitrogens with one attached hydrogen (secondary N) is 1. The Morgan fingerprint density at radius 1 is 1.30 bits per heavy atom. The number of hydrogen-bond donors (Lipinski definition) is 2. The van der Waals surface area contributed by atoms with Gasteiger partial charge in [0.1, 0.15) is 11.9 Å². The second-order valence-electron chi connectivity index (χ2n) is 6.92. The monoisotopic (exact) mass is 411 g/mol. The van der Waals surface area contributed by atoms with Crippen LogP contribution in [0.2, 0.25) is 0 Å². The number of rotatable bonds is 6. The van der Waals surface area contributed by atoms with Gasteiger partial charge in [-0.25, -0.2) is 9.37 Å². The molecule has 1 saturated heterocycles. The van der Waals surface area contributed by atoms with Crippen molar-refractivity contribution in [1.29, 1.82) is 0 Å². The minimum Gasteiger partial charge on any atom is -0.364 e. The number of nitrogens with zero attached hydrogens (tertiary/aromatic N) is 1. The first-order valence-electron chi connectivity index (χ1n) is 9.03. The molecule has 1 saturated carbocycles. The van der Waals surface area contributed by atoms with Gasteiger partial charge in [-0.1, -0.05) is 18.2 Å². The van der Waals surface area contributed by atoms with Crippen molar-refractivity contribution in [3.05, 3.63) is 46.2 Å². The van der Waals surface area contributed by atoms with Crippen molar-refractivity contribution in [3.8, 4) is 0 Å². The van der Waals surface area contributed by atoms with Gasteiger partial charge in [-0.3, -0.25) is 10.1 Å². The van der Waals surface area contributed by atoms with Crippen molar-refractivity contribution in [2.24, 2.45) is 5.73 Å². The number of nitrogens with two attached hydrogens (primary N) is 1. The van der Waals surface area contributed by atoms with Gasteiger partial charge in [-0.05, 0) is 37.3 Å². The number of ether oxygens (including phenoxy) is 1. The zero-order valence-corrected chi connectivity index (χ0v) is 16.5. The molecule has 0 bridgehead atoms. The molecule has 2 aliphatic rings. The van der Waals surface area contributed by atoms with Crippen molar-refractivity contribution in [2.45, 2.75) is 50.2 Å². The van der Waals surface area contributed by atoms with Gasteiger partial charge >= 0.3 is 0 Å². The van der Waals surface area contributed by atoms with E-state index in [2.05, 4.69) is 10.3 Å². The zero-order chi connectivity index (χ0) is 18.1. The molecular formula is C19H23ClFN3O2S. The summed E-state index contributed by atoms with van der Waals surface area (Å²) in [4.78, 5) is 18.1. The van der Waals surface area contributed by atoms with Crippen molar-refractivity contribution in [3.63, 3.8) is 0 Å². The minimum absolute atomic E-state index is 0. The second kappa shape index (κ2) is 8.65. The molecule has 1 aromatic heterocycles. The Morgan fingerprint density at radius 2 is 2.07 bits per heavy atom. The van der Waals surface area contributed by atoms with Gasteiger partial charge in [-0.2, -0.15) is 0 Å². The normalized spacial score (nSPS) is 21.7. The Labute approximate surface area is 167 Å². The fourth-order valence-corrected chi connectivity index (χ4v) is 4.37. The third-order valence-corrected chi connectivity index (χ3v) is 5.88. The molecule has 0 radical (unpaired) electrons. The fraction of sp³-hybridized carbons (Fsp3) is 0.474. The van der Waals surface area contributed by atoms with Crippen molar-refractivity contribution < 1.29 is 13.9 Å². The van der Waals surface area contributed by atoms with Crippen molar-refractivity contribution in [1.82, 2.24) is 4.98 Å². The summed E-state index contributed by atoms with van der Waals surface area (Å²) in [7, 11) is 0. The van der Waals surface area contributed by atoms with E-state index in [1.54, 1.807) is 12.1 Å². The lowest BCUT2D eigenvalue weighted by molar-refractivity contribution is -0.126. The van der Waals surface area contributed by atoms with Gasteiger partial charge in [0.05, 0.1) is 11.8 Å². The van der Waals surface area contributed by atoms with Crippen LogP contribution in [-0.4, -0.2) is 29.6 Å². The maximum atomic E-state index is 14.0. The van der Waals surface area contributed by atoms with E-state index >= 15 is 0 Å². The van der Waals surface area contributed by atoms with Crippen LogP contribution >= 0.6 is 23.7 Å². The predicted molar refractivity (Wildman–Crippen MR) is 106 cm³/mol. The first kappa shape index (κ1) is 20.2. The van der Waals surface area contributed by atoms with Crippen molar-refractivity contribution >= 4 is 34.8 Å². The summed E-state index contributed by atoms with van der Waals surface area (Å²) in [6.45, 7) is 0.430. The molecular weight excluding hydrogens is 389 g/mol. The smallest absolute Gasteiger partial charge is 0.255 e. The predicted octanol–water partition coefficient (Wildman–Crippen LogP) is 3.62. The van der Waals surface area contributed by atoms with Gasteiger partial charge in [0.25, 0.3) is 5.91 Å². The van der Waals surface area contributed by atoms with Crippen molar-refractivity contribution in [2.75, 3.05) is 11.9 Å². The molecule has 2 fully saturated rings. The lowest BCUT2D eigenvalue weighted by Crippen LogP contribution is -2.29. The summed E-state index contributed by atoms with van der Waals surface area (Å²) in [5.41, 5.74) is 7.25. The van der Waals surface area contributed by atoms with E-state index < -0.39 is 6.10 Å². The third-order valence-electron chi connectivity index (χ3n) is 4.89. The lowest BCUT2D eigenvalue weighted by Gasteiger charge is -2.11. The summed E-state index contributed by atoms with van der Waals surface area (Å²) in [5, 5.41) is 3.45. The molecule has 1 aliphatic carbocycles. The minimum atomic E-state index is -0.466. The highest BCUT2D eigenvalue weighted by atomic mass is 35.5.